The van der Waals surface area contributed by atoms with Crippen LogP contribution in [0.5, 0.6) is 5.75 Å². The first-order valence-electron chi connectivity index (χ1n) is 12.7. The fraction of sp³-hybridized carbons (Fsp3) is 0.333. The summed E-state index contributed by atoms with van der Waals surface area (Å²) in [4.78, 5) is 20.5. The third-order valence-corrected chi connectivity index (χ3v) is 7.20. The molecule has 5 rings (SSSR count). The minimum Gasteiger partial charge on any atom is -0.497 e. The highest BCUT2D eigenvalue weighted by molar-refractivity contribution is 5.78. The Hall–Kier alpha value is -3.64. The zero-order valence-corrected chi connectivity index (χ0v) is 21.1. The topological polar surface area (TPSA) is 58.9 Å². The number of nitrogens with zero attached hydrogens (tertiary/aromatic N) is 3. The number of imidazole rings is 1. The summed E-state index contributed by atoms with van der Waals surface area (Å²) >= 11 is 0. The number of fused-ring (bicyclic) bond motifs is 1. The Morgan fingerprint density at radius 1 is 1.08 bits per heavy atom. The predicted octanol–water partition coefficient (Wildman–Crippen LogP) is 4.95. The smallest absolute Gasteiger partial charge is 0.221 e. The van der Waals surface area contributed by atoms with Gasteiger partial charge in [0.1, 0.15) is 11.4 Å². The van der Waals surface area contributed by atoms with E-state index in [1.807, 2.05) is 36.7 Å². The second-order valence-corrected chi connectivity index (χ2v) is 9.70. The molecule has 36 heavy (non-hydrogen) atoms. The number of hydrogen-bond acceptors (Lipinski definition) is 4. The van der Waals surface area contributed by atoms with E-state index < -0.39 is 0 Å². The van der Waals surface area contributed by atoms with Crippen LogP contribution >= 0.6 is 0 Å². The third kappa shape index (κ3) is 5.44. The van der Waals surface area contributed by atoms with Gasteiger partial charge in [-0.1, -0.05) is 48.5 Å². The van der Waals surface area contributed by atoms with E-state index in [1.165, 1.54) is 5.56 Å². The molecular weight excluding hydrogens is 448 g/mol. The van der Waals surface area contributed by atoms with Crippen LogP contribution in [-0.4, -0.2) is 46.4 Å². The molecule has 2 aromatic heterocycles. The van der Waals surface area contributed by atoms with Gasteiger partial charge in [0.05, 0.1) is 12.8 Å². The number of carbonyl (C=O) groups is 1. The zero-order valence-electron chi connectivity index (χ0n) is 21.1. The van der Waals surface area contributed by atoms with Crippen molar-refractivity contribution in [1.29, 1.82) is 0 Å². The normalized spacial score (nSPS) is 15.6. The lowest BCUT2D eigenvalue weighted by molar-refractivity contribution is -0.122. The van der Waals surface area contributed by atoms with Crippen molar-refractivity contribution in [2.45, 2.75) is 44.7 Å². The molecule has 2 aromatic carbocycles. The summed E-state index contributed by atoms with van der Waals surface area (Å²) in [6, 6.07) is 22.9. The Morgan fingerprint density at radius 2 is 1.89 bits per heavy atom. The first-order valence-corrected chi connectivity index (χ1v) is 12.7. The molecule has 1 fully saturated rings. The fourth-order valence-electron chi connectivity index (χ4n) is 5.23. The highest BCUT2D eigenvalue weighted by Crippen LogP contribution is 2.31. The lowest BCUT2D eigenvalue weighted by Gasteiger charge is -2.32. The molecule has 0 spiro atoms. The molecule has 0 aliphatic carbocycles. The van der Waals surface area contributed by atoms with Gasteiger partial charge in [-0.05, 0) is 54.7 Å². The van der Waals surface area contributed by atoms with Crippen LogP contribution in [0.2, 0.25) is 0 Å². The number of pyridine rings is 1. The van der Waals surface area contributed by atoms with Gasteiger partial charge in [0.25, 0.3) is 0 Å². The van der Waals surface area contributed by atoms with E-state index in [2.05, 4.69) is 69.0 Å². The van der Waals surface area contributed by atoms with Crippen LogP contribution in [0, 0.1) is 6.92 Å². The summed E-state index contributed by atoms with van der Waals surface area (Å²) in [5.41, 5.74) is 5.43. The van der Waals surface area contributed by atoms with Crippen LogP contribution in [0.3, 0.4) is 0 Å². The van der Waals surface area contributed by atoms with Gasteiger partial charge in [-0.25, -0.2) is 4.98 Å². The lowest BCUT2D eigenvalue weighted by atomic mass is 9.91. The standard InChI is InChI=1S/C30H34N4O2/c1-22-8-7-15-34-28(20-31-30(22)34)27(24-11-6-12-26(18-24)36-2)19-29(35)32-25-13-16-33(17-14-25)21-23-9-4-3-5-10-23/h3-12,15,18,20,25,27H,13-14,16-17,19,21H2,1-2H3,(H,32,35). The molecule has 1 N–H and O–H groups in total. The summed E-state index contributed by atoms with van der Waals surface area (Å²) in [6.45, 7) is 5.01. The van der Waals surface area contributed by atoms with Gasteiger partial charge in [-0.15, -0.1) is 0 Å². The van der Waals surface area contributed by atoms with Gasteiger partial charge in [-0.2, -0.15) is 0 Å². The number of carbonyl (C=O) groups excluding carboxylic acids is 1. The molecule has 4 aromatic rings. The highest BCUT2D eigenvalue weighted by Gasteiger charge is 2.26. The van der Waals surface area contributed by atoms with Crippen LogP contribution in [0.25, 0.3) is 5.65 Å². The molecule has 0 radical (unpaired) electrons. The molecule has 1 saturated heterocycles. The molecule has 3 heterocycles. The number of likely N-dealkylation sites (tertiary alicyclic amines) is 1. The van der Waals surface area contributed by atoms with Crippen molar-refractivity contribution in [3.8, 4) is 5.75 Å². The van der Waals surface area contributed by atoms with Gasteiger partial charge in [0.2, 0.25) is 5.91 Å². The number of aromatic nitrogens is 2. The minimum absolute atomic E-state index is 0.0759. The van der Waals surface area contributed by atoms with E-state index in [4.69, 9.17) is 4.74 Å². The van der Waals surface area contributed by atoms with E-state index >= 15 is 0 Å². The maximum atomic E-state index is 13.3. The van der Waals surface area contributed by atoms with Crippen molar-refractivity contribution in [2.24, 2.45) is 0 Å². The zero-order chi connectivity index (χ0) is 24.9. The number of methoxy groups -OCH3 is 1. The van der Waals surface area contributed by atoms with Crippen LogP contribution < -0.4 is 10.1 Å². The second kappa shape index (κ2) is 11.0. The van der Waals surface area contributed by atoms with Gasteiger partial charge < -0.3 is 14.5 Å². The maximum absolute atomic E-state index is 13.3. The SMILES string of the molecule is COc1cccc(C(CC(=O)NC2CCN(Cc3ccccc3)CC2)c2cnc3c(C)cccn23)c1. The molecule has 1 amide bonds. The highest BCUT2D eigenvalue weighted by atomic mass is 16.5. The minimum atomic E-state index is -0.130. The van der Waals surface area contributed by atoms with Crippen molar-refractivity contribution >= 4 is 11.6 Å². The average Bonchev–Trinajstić information content (AvgIpc) is 3.34. The number of benzene rings is 2. The number of nitrogens with one attached hydrogen (secondary N) is 1. The number of rotatable bonds is 8. The third-order valence-electron chi connectivity index (χ3n) is 7.20. The predicted molar refractivity (Wildman–Crippen MR) is 142 cm³/mol. The van der Waals surface area contributed by atoms with E-state index in [0.29, 0.717) is 6.42 Å². The molecule has 186 valence electrons. The Labute approximate surface area is 212 Å². The molecule has 6 nitrogen and oxygen atoms in total. The summed E-state index contributed by atoms with van der Waals surface area (Å²) in [5.74, 6) is 0.732. The van der Waals surface area contributed by atoms with Crippen molar-refractivity contribution in [3.63, 3.8) is 0 Å². The maximum Gasteiger partial charge on any atom is 0.221 e. The molecule has 0 saturated carbocycles. The van der Waals surface area contributed by atoms with Crippen LogP contribution in [-0.2, 0) is 11.3 Å². The molecule has 1 aliphatic heterocycles. The summed E-state index contributed by atoms with van der Waals surface area (Å²) in [6.07, 6.45) is 6.23. The van der Waals surface area contributed by atoms with Crippen LogP contribution in [0.4, 0.5) is 0 Å². The van der Waals surface area contributed by atoms with Crippen LogP contribution in [0.1, 0.15) is 47.6 Å². The van der Waals surface area contributed by atoms with E-state index in [0.717, 1.165) is 60.7 Å². The molecule has 0 bridgehead atoms. The number of piperidine rings is 1. The van der Waals surface area contributed by atoms with Crippen molar-refractivity contribution in [2.75, 3.05) is 20.2 Å². The number of ether oxygens (including phenoxy) is 1. The lowest BCUT2D eigenvalue weighted by Crippen LogP contribution is -2.44. The number of hydrogen-bond donors (Lipinski definition) is 1. The molecule has 1 aliphatic rings. The van der Waals surface area contributed by atoms with Crippen molar-refractivity contribution in [1.82, 2.24) is 19.6 Å². The number of amides is 1. The molecule has 6 heteroatoms. The Bertz CT molecular complexity index is 1310. The average molecular weight is 483 g/mol. The summed E-state index contributed by atoms with van der Waals surface area (Å²) in [7, 11) is 1.67. The van der Waals surface area contributed by atoms with E-state index in [9.17, 15) is 4.79 Å². The monoisotopic (exact) mass is 482 g/mol. The van der Waals surface area contributed by atoms with E-state index in [1.54, 1.807) is 7.11 Å². The largest absolute Gasteiger partial charge is 0.497 e. The fourth-order valence-corrected chi connectivity index (χ4v) is 5.23. The molecular formula is C30H34N4O2. The quantitative estimate of drug-likeness (QED) is 0.386. The molecule has 1 unspecified atom stereocenters. The number of aryl methyl sites for hydroxylation is 1. The second-order valence-electron chi connectivity index (χ2n) is 9.70. The first-order chi connectivity index (χ1) is 17.6. The Balaban J connectivity index is 1.29. The van der Waals surface area contributed by atoms with Gasteiger partial charge in [-0.3, -0.25) is 9.69 Å². The van der Waals surface area contributed by atoms with Gasteiger partial charge in [0.15, 0.2) is 0 Å². The summed E-state index contributed by atoms with van der Waals surface area (Å²) in [5, 5.41) is 3.33. The molecule has 1 atom stereocenters. The van der Waals surface area contributed by atoms with Crippen molar-refractivity contribution in [3.05, 3.63) is 102 Å². The summed E-state index contributed by atoms with van der Waals surface area (Å²) < 4.78 is 7.59. The van der Waals surface area contributed by atoms with E-state index in [-0.39, 0.29) is 17.9 Å². The first kappa shape index (κ1) is 24.1. The van der Waals surface area contributed by atoms with Gasteiger partial charge >= 0.3 is 0 Å². The Kier molecular flexibility index (Phi) is 7.33. The Morgan fingerprint density at radius 3 is 2.67 bits per heavy atom. The van der Waals surface area contributed by atoms with Crippen molar-refractivity contribution < 1.29 is 9.53 Å². The van der Waals surface area contributed by atoms with Gasteiger partial charge in [0, 0.05) is 50.4 Å². The van der Waals surface area contributed by atoms with Crippen LogP contribution in [0.15, 0.2) is 79.1 Å².